The number of hydrogen-bond acceptors (Lipinski definition) is 3. The van der Waals surface area contributed by atoms with E-state index in [9.17, 15) is 4.79 Å². The summed E-state index contributed by atoms with van der Waals surface area (Å²) >= 11 is 5.95. The van der Waals surface area contributed by atoms with Crippen molar-refractivity contribution < 1.29 is 9.53 Å². The zero-order valence-electron chi connectivity index (χ0n) is 11.3. The summed E-state index contributed by atoms with van der Waals surface area (Å²) in [7, 11) is 0. The largest absolute Gasteiger partial charge is 0.481 e. The maximum absolute atomic E-state index is 12.0. The number of amides is 1. The highest BCUT2D eigenvalue weighted by Crippen LogP contribution is 2.22. The lowest BCUT2D eigenvalue weighted by molar-refractivity contribution is -0.122. The number of carbonyl (C=O) groups is 1. The number of hydrogen-bond donors (Lipinski definition) is 1. The van der Waals surface area contributed by atoms with Gasteiger partial charge in [0.05, 0.1) is 11.9 Å². The van der Waals surface area contributed by atoms with Crippen molar-refractivity contribution in [3.05, 3.63) is 53.3 Å². The molecule has 0 unspecified atom stereocenters. The van der Waals surface area contributed by atoms with Crippen LogP contribution in [0.4, 0.5) is 5.69 Å². The van der Waals surface area contributed by atoms with Gasteiger partial charge in [-0.25, -0.2) is 0 Å². The molecule has 1 N–H and O–H groups in total. The summed E-state index contributed by atoms with van der Waals surface area (Å²) in [6.07, 6.45) is 2.61. The summed E-state index contributed by atoms with van der Waals surface area (Å²) in [6.45, 7) is 3.57. The summed E-state index contributed by atoms with van der Waals surface area (Å²) in [4.78, 5) is 15.9. The maximum Gasteiger partial charge on any atom is 0.265 e. The van der Waals surface area contributed by atoms with Crippen molar-refractivity contribution in [2.45, 2.75) is 20.0 Å². The van der Waals surface area contributed by atoms with Crippen molar-refractivity contribution in [1.29, 1.82) is 0 Å². The van der Waals surface area contributed by atoms with Crippen LogP contribution in [0.2, 0.25) is 5.02 Å². The minimum atomic E-state index is -0.615. The monoisotopic (exact) mass is 290 g/mol. The Labute approximate surface area is 122 Å². The molecule has 2 aromatic rings. The number of aromatic nitrogens is 1. The molecular weight excluding hydrogens is 276 g/mol. The van der Waals surface area contributed by atoms with Gasteiger partial charge in [0.1, 0.15) is 5.75 Å². The molecule has 0 spiro atoms. The van der Waals surface area contributed by atoms with Crippen LogP contribution in [-0.2, 0) is 4.79 Å². The lowest BCUT2D eigenvalue weighted by Crippen LogP contribution is -2.30. The smallest absolute Gasteiger partial charge is 0.265 e. The molecule has 1 aromatic heterocycles. The summed E-state index contributed by atoms with van der Waals surface area (Å²) in [5, 5.41) is 3.41. The third-order valence-corrected chi connectivity index (χ3v) is 3.16. The van der Waals surface area contributed by atoms with Gasteiger partial charge in [0.15, 0.2) is 6.10 Å². The maximum atomic E-state index is 12.0. The summed E-state index contributed by atoms with van der Waals surface area (Å²) in [6, 6.07) is 8.81. The molecule has 0 saturated carbocycles. The first-order chi connectivity index (χ1) is 9.56. The SMILES string of the molecule is Cc1cc(O[C@H](C)C(=O)Nc2cccnc2)ccc1Cl. The first kappa shape index (κ1) is 14.3. The van der Waals surface area contributed by atoms with Crippen molar-refractivity contribution >= 4 is 23.2 Å². The fourth-order valence-corrected chi connectivity index (χ4v) is 1.75. The molecule has 5 heteroatoms. The number of pyridine rings is 1. The highest BCUT2D eigenvalue weighted by atomic mass is 35.5. The third-order valence-electron chi connectivity index (χ3n) is 2.74. The van der Waals surface area contributed by atoms with Gasteiger partial charge in [-0.05, 0) is 49.7 Å². The van der Waals surface area contributed by atoms with E-state index in [4.69, 9.17) is 16.3 Å². The van der Waals surface area contributed by atoms with E-state index < -0.39 is 6.10 Å². The van der Waals surface area contributed by atoms with E-state index in [1.807, 2.05) is 6.92 Å². The van der Waals surface area contributed by atoms with Crippen LogP contribution in [-0.4, -0.2) is 17.0 Å². The van der Waals surface area contributed by atoms with Crippen molar-refractivity contribution in [2.75, 3.05) is 5.32 Å². The summed E-state index contributed by atoms with van der Waals surface area (Å²) < 4.78 is 5.59. The van der Waals surface area contributed by atoms with E-state index in [1.54, 1.807) is 49.6 Å². The number of halogens is 1. The van der Waals surface area contributed by atoms with Crippen molar-refractivity contribution in [2.24, 2.45) is 0 Å². The fraction of sp³-hybridized carbons (Fsp3) is 0.200. The predicted octanol–water partition coefficient (Wildman–Crippen LogP) is 3.45. The van der Waals surface area contributed by atoms with Gasteiger partial charge >= 0.3 is 0 Å². The van der Waals surface area contributed by atoms with Gasteiger partial charge in [0.25, 0.3) is 5.91 Å². The lowest BCUT2D eigenvalue weighted by Gasteiger charge is -2.15. The van der Waals surface area contributed by atoms with Crippen LogP contribution in [0.3, 0.4) is 0 Å². The Balaban J connectivity index is 1.98. The highest BCUT2D eigenvalue weighted by Gasteiger charge is 2.15. The molecule has 1 atom stereocenters. The molecule has 0 saturated heterocycles. The van der Waals surface area contributed by atoms with Gasteiger partial charge in [0, 0.05) is 11.2 Å². The van der Waals surface area contributed by atoms with Crippen LogP contribution in [0.15, 0.2) is 42.7 Å². The minimum absolute atomic E-state index is 0.231. The first-order valence-corrected chi connectivity index (χ1v) is 6.58. The third kappa shape index (κ3) is 3.71. The quantitative estimate of drug-likeness (QED) is 0.938. The second-order valence-corrected chi connectivity index (χ2v) is 4.81. The van der Waals surface area contributed by atoms with Crippen LogP contribution >= 0.6 is 11.6 Å². The Bertz CT molecular complexity index is 602. The Kier molecular flexibility index (Phi) is 4.58. The Morgan fingerprint density at radius 3 is 2.85 bits per heavy atom. The zero-order valence-corrected chi connectivity index (χ0v) is 12.0. The Morgan fingerprint density at radius 1 is 1.40 bits per heavy atom. The summed E-state index contributed by atoms with van der Waals surface area (Å²) in [5.41, 5.74) is 1.55. The second kappa shape index (κ2) is 6.39. The molecule has 1 aromatic carbocycles. The molecule has 1 amide bonds. The van der Waals surface area contributed by atoms with E-state index in [1.165, 1.54) is 0 Å². The number of benzene rings is 1. The normalized spacial score (nSPS) is 11.8. The molecular formula is C15H15ClN2O2. The summed E-state index contributed by atoms with van der Waals surface area (Å²) in [5.74, 6) is 0.381. The number of aryl methyl sites for hydroxylation is 1. The predicted molar refractivity (Wildman–Crippen MR) is 79.1 cm³/mol. The van der Waals surface area contributed by atoms with Crippen LogP contribution in [0.1, 0.15) is 12.5 Å². The molecule has 0 aliphatic rings. The molecule has 20 heavy (non-hydrogen) atoms. The number of ether oxygens (including phenoxy) is 1. The van der Waals surface area contributed by atoms with Crippen molar-refractivity contribution in [1.82, 2.24) is 4.98 Å². The van der Waals surface area contributed by atoms with Gasteiger partial charge in [0.2, 0.25) is 0 Å². The van der Waals surface area contributed by atoms with Gasteiger partial charge < -0.3 is 10.1 Å². The van der Waals surface area contributed by atoms with Crippen molar-refractivity contribution in [3.8, 4) is 5.75 Å². The fourth-order valence-electron chi connectivity index (χ4n) is 1.63. The molecule has 2 rings (SSSR count). The Hall–Kier alpha value is -2.07. The molecule has 0 fully saturated rings. The molecule has 1 heterocycles. The Morgan fingerprint density at radius 2 is 2.20 bits per heavy atom. The zero-order chi connectivity index (χ0) is 14.5. The minimum Gasteiger partial charge on any atom is -0.481 e. The van der Waals surface area contributed by atoms with Gasteiger partial charge in [-0.15, -0.1) is 0 Å². The standard InChI is InChI=1S/C15H15ClN2O2/c1-10-8-13(5-6-14(10)16)20-11(2)15(19)18-12-4-3-7-17-9-12/h3-9,11H,1-2H3,(H,18,19)/t11-/m1/s1. The number of nitrogens with one attached hydrogen (secondary N) is 1. The number of rotatable bonds is 4. The molecule has 0 radical (unpaired) electrons. The first-order valence-electron chi connectivity index (χ1n) is 6.20. The van der Waals surface area contributed by atoms with Crippen LogP contribution in [0.25, 0.3) is 0 Å². The molecule has 0 aliphatic carbocycles. The van der Waals surface area contributed by atoms with Crippen LogP contribution in [0, 0.1) is 6.92 Å². The molecule has 0 aliphatic heterocycles. The van der Waals surface area contributed by atoms with E-state index >= 15 is 0 Å². The molecule has 4 nitrogen and oxygen atoms in total. The van der Waals surface area contributed by atoms with E-state index in [0.29, 0.717) is 16.5 Å². The van der Waals surface area contributed by atoms with E-state index in [0.717, 1.165) is 5.56 Å². The lowest BCUT2D eigenvalue weighted by atomic mass is 10.2. The molecule has 104 valence electrons. The average molecular weight is 291 g/mol. The van der Waals surface area contributed by atoms with E-state index in [2.05, 4.69) is 10.3 Å². The molecule has 0 bridgehead atoms. The van der Waals surface area contributed by atoms with Gasteiger partial charge in [-0.1, -0.05) is 11.6 Å². The van der Waals surface area contributed by atoms with Gasteiger partial charge in [-0.2, -0.15) is 0 Å². The second-order valence-electron chi connectivity index (χ2n) is 4.40. The topological polar surface area (TPSA) is 51.2 Å². The number of carbonyl (C=O) groups excluding carboxylic acids is 1. The van der Waals surface area contributed by atoms with Crippen LogP contribution in [0.5, 0.6) is 5.75 Å². The van der Waals surface area contributed by atoms with Crippen molar-refractivity contribution in [3.63, 3.8) is 0 Å². The van der Waals surface area contributed by atoms with E-state index in [-0.39, 0.29) is 5.91 Å². The van der Waals surface area contributed by atoms with Crippen LogP contribution < -0.4 is 10.1 Å². The van der Waals surface area contributed by atoms with Gasteiger partial charge in [-0.3, -0.25) is 9.78 Å². The average Bonchev–Trinajstić information content (AvgIpc) is 2.44. The number of anilines is 1. The highest BCUT2D eigenvalue weighted by molar-refractivity contribution is 6.31. The number of nitrogens with zero attached hydrogens (tertiary/aromatic N) is 1.